The number of carboxylic acid groups (broad SMARTS) is 1. The Morgan fingerprint density at radius 2 is 0.935 bits per heavy atom. The molecular weight excluding hydrogens is 1540 g/mol. The summed E-state index contributed by atoms with van der Waals surface area (Å²) < 4.78 is 37.3. The van der Waals surface area contributed by atoms with E-state index in [4.69, 9.17) is 109 Å². The van der Waals surface area contributed by atoms with Crippen molar-refractivity contribution in [1.82, 2.24) is 25.3 Å². The molecule has 0 bridgehead atoms. The van der Waals surface area contributed by atoms with Crippen LogP contribution in [0.1, 0.15) is 142 Å². The number of aromatic amines is 2. The first-order chi connectivity index (χ1) is 49.6. The number of carboxylic acids is 1. The summed E-state index contributed by atoms with van der Waals surface area (Å²) >= 11 is 36.4. The number of aliphatic hydroxyl groups is 1. The molecule has 0 aliphatic carbocycles. The van der Waals surface area contributed by atoms with Crippen molar-refractivity contribution in [2.24, 2.45) is 5.73 Å². The molecule has 30 heteroatoms. The molecule has 22 nitrogen and oxygen atoms in total. The number of halogens is 7. The number of benzene rings is 6. The van der Waals surface area contributed by atoms with Gasteiger partial charge in [0.05, 0.1) is 12.9 Å². The van der Waals surface area contributed by atoms with Gasteiger partial charge in [0, 0.05) is 68.6 Å². The number of nitrogens with two attached hydrogens (primary N) is 1. The van der Waals surface area contributed by atoms with Crippen molar-refractivity contribution in [2.45, 2.75) is 151 Å². The van der Waals surface area contributed by atoms with Gasteiger partial charge in [-0.25, -0.2) is 29.1 Å². The summed E-state index contributed by atoms with van der Waals surface area (Å²) in [5, 5.41) is 32.9. The second-order valence-electron chi connectivity index (χ2n) is 27.1. The number of ether oxygens (including phenoxy) is 6. The lowest BCUT2D eigenvalue weighted by Crippen LogP contribution is -2.42. The number of methoxy groups -OCH3 is 1. The Kier molecular flexibility index (Phi) is 38.2. The number of nitrogens with zero attached hydrogens (tertiary/aromatic N) is 2. The fourth-order valence-electron chi connectivity index (χ4n) is 8.49. The lowest BCUT2D eigenvalue weighted by Gasteiger charge is -2.36. The van der Waals surface area contributed by atoms with Crippen LogP contribution in [0, 0.1) is 5.41 Å². The maximum atomic E-state index is 12.8. The third kappa shape index (κ3) is 32.5. The molecular formula is C77H92Cl7N7O15Si. The van der Waals surface area contributed by atoms with Crippen molar-refractivity contribution in [3.63, 3.8) is 0 Å². The summed E-state index contributed by atoms with van der Waals surface area (Å²) in [5.41, 5.74) is 5.93. The largest absolute Gasteiger partial charge is 0.499 e. The van der Waals surface area contributed by atoms with Crippen molar-refractivity contribution >= 4 is 120 Å². The Balaban J connectivity index is 0.000000360. The van der Waals surface area contributed by atoms with Crippen molar-refractivity contribution in [2.75, 3.05) is 20.3 Å². The molecule has 0 aliphatic heterocycles. The molecule has 578 valence electrons. The number of amidine groups is 1. The number of H-pyrrole nitrogens is 2. The Morgan fingerprint density at radius 3 is 1.29 bits per heavy atom. The van der Waals surface area contributed by atoms with Gasteiger partial charge in [0.25, 0.3) is 22.6 Å². The van der Waals surface area contributed by atoms with E-state index in [1.165, 1.54) is 0 Å². The highest BCUT2D eigenvalue weighted by Gasteiger charge is 2.37. The van der Waals surface area contributed by atoms with Gasteiger partial charge < -0.3 is 64.1 Å². The van der Waals surface area contributed by atoms with E-state index >= 15 is 0 Å². The molecule has 2 heterocycles. The molecule has 2 aromatic heterocycles. The Morgan fingerprint density at radius 1 is 0.561 bits per heavy atom. The van der Waals surface area contributed by atoms with E-state index in [1.54, 1.807) is 133 Å². The quantitative estimate of drug-likeness (QED) is 0.00432. The summed E-state index contributed by atoms with van der Waals surface area (Å²) in [6.07, 6.45) is 0.508. The number of nitrogens with one attached hydrogen (secondary N) is 4. The zero-order valence-electron chi connectivity index (χ0n) is 61.9. The van der Waals surface area contributed by atoms with Gasteiger partial charge in [0.15, 0.2) is 19.7 Å². The molecule has 8 N–H and O–H groups in total. The van der Waals surface area contributed by atoms with Crippen LogP contribution in [0.15, 0.2) is 167 Å². The van der Waals surface area contributed by atoms with Crippen LogP contribution in [0.25, 0.3) is 0 Å². The SMILES string of the molecule is CC(C)(C)OC(=O)c1nc(Cc2c(Cl)cccc2Cl)[nH]c(=O)c1OCc1ccccc1.CC(C)NCCO[Si](C)(C)C(C)(C)C.COC(=O)/C(OCc1ccccc1)=C(\O)C(=O)OC(C)(C)C.Cl.N=C(N)Cc1c(Cl)cccc1Cl.O=C(O)c1nc(Cc2c(Cl)cccc2Cl)[nH]c(=O)c1OCc1ccccc1. The van der Waals surface area contributed by atoms with Crippen LogP contribution in [0.4, 0.5) is 0 Å². The average Bonchev–Trinajstić information content (AvgIpc) is 0.808. The molecule has 0 fully saturated rings. The van der Waals surface area contributed by atoms with Crippen LogP contribution in [0.3, 0.4) is 0 Å². The minimum absolute atomic E-state index is 0. The van der Waals surface area contributed by atoms with Gasteiger partial charge in [-0.05, 0) is 129 Å². The van der Waals surface area contributed by atoms with Crippen molar-refractivity contribution < 1.29 is 62.2 Å². The van der Waals surface area contributed by atoms with Crippen LogP contribution in [-0.2, 0) is 72.0 Å². The normalized spacial score (nSPS) is 11.3. The number of hydrogen-bond donors (Lipinski definition) is 7. The van der Waals surface area contributed by atoms with Gasteiger partial charge >= 0.3 is 23.9 Å². The molecule has 0 radical (unpaired) electrons. The minimum Gasteiger partial charge on any atom is -0.499 e. The molecule has 0 spiro atoms. The fraction of sp³-hybridized carbons (Fsp3) is 0.338. The first kappa shape index (κ1) is 92.7. The third-order valence-corrected chi connectivity index (χ3v) is 21.3. The Labute approximate surface area is 660 Å². The number of esters is 3. The zero-order valence-corrected chi connectivity index (χ0v) is 68.3. The number of aromatic carboxylic acids is 1. The molecule has 0 saturated carbocycles. The van der Waals surface area contributed by atoms with Gasteiger partial charge in [-0.15, -0.1) is 12.4 Å². The second kappa shape index (κ2) is 44.1. The van der Waals surface area contributed by atoms with Gasteiger partial charge in [-0.2, -0.15) is 0 Å². The fourth-order valence-corrected chi connectivity index (χ4v) is 11.1. The zero-order chi connectivity index (χ0) is 79.3. The summed E-state index contributed by atoms with van der Waals surface area (Å²) in [7, 11) is -0.395. The molecule has 0 aliphatic rings. The van der Waals surface area contributed by atoms with E-state index in [1.807, 2.05) is 54.6 Å². The van der Waals surface area contributed by atoms with Crippen LogP contribution in [-0.4, -0.2) is 106 Å². The number of carbonyl (C=O) groups excluding carboxylic acids is 3. The standard InChI is InChI=1S/C23H22Cl2N2O4.C19H14Cl2N2O4.C16H20O6.C11H27NOSi.C8H8Cl2N2.ClH/c1-23(2,3)31-22(29)19-20(30-13-14-8-5-4-6-9-14)21(28)27-18(26-19)12-15-16(24)10-7-11-17(15)25;20-13-7-4-8-14(21)12(13)9-15-22-16(19(25)26)17(18(24)23-15)27-10-11-5-2-1-3-6-11;1-16(2,3)22-14(18)12(17)13(15(19)20-4)21-10-11-8-6-5-7-9-11;1-10(2)12-8-9-13-14(6,7)11(3,4)5;9-6-2-1-3-7(10)5(6)4-8(11)12;/h4-11H,12-13H2,1-3H3,(H,26,27,28);1-8H,9-10H2,(H,25,26)(H,22,23,24);5-9,17H,10H2,1-4H3;10,12H,8-9H2,1-7H3;1-3H,4H2,(H3,11,12);1H/b;;13-12+;;;. The van der Waals surface area contributed by atoms with E-state index in [9.17, 15) is 39.0 Å². The lowest BCUT2D eigenvalue weighted by molar-refractivity contribution is -0.155. The van der Waals surface area contributed by atoms with Gasteiger partial charge in [-0.3, -0.25) is 15.0 Å². The van der Waals surface area contributed by atoms with Crippen LogP contribution in [0.5, 0.6) is 11.5 Å². The van der Waals surface area contributed by atoms with Gasteiger partial charge in [-0.1, -0.05) is 213 Å². The lowest BCUT2D eigenvalue weighted by atomic mass is 10.1. The molecule has 8 aromatic rings. The monoisotopic (exact) mass is 1630 g/mol. The Hall–Kier alpha value is -8.46. The maximum absolute atomic E-state index is 12.8. The highest BCUT2D eigenvalue weighted by Crippen LogP contribution is 2.36. The predicted octanol–water partition coefficient (Wildman–Crippen LogP) is 17.5. The van der Waals surface area contributed by atoms with Crippen molar-refractivity contribution in [1.29, 1.82) is 5.41 Å². The predicted molar refractivity (Wildman–Crippen MR) is 426 cm³/mol. The second-order valence-corrected chi connectivity index (χ2v) is 34.3. The molecule has 8 rings (SSSR count). The van der Waals surface area contributed by atoms with E-state index in [0.29, 0.717) is 64.3 Å². The molecule has 0 unspecified atom stereocenters. The first-order valence-corrected chi connectivity index (χ1v) is 38.3. The van der Waals surface area contributed by atoms with E-state index < -0.39 is 71.7 Å². The van der Waals surface area contributed by atoms with E-state index in [-0.39, 0.29) is 79.7 Å². The molecule has 0 atom stereocenters. The maximum Gasteiger partial charge on any atom is 0.378 e. The third-order valence-electron chi connectivity index (χ3n) is 14.7. The van der Waals surface area contributed by atoms with E-state index in [2.05, 4.69) is 77.7 Å². The first-order valence-electron chi connectivity index (χ1n) is 33.1. The van der Waals surface area contributed by atoms with Crippen molar-refractivity contribution in [3.05, 3.63) is 264 Å². The summed E-state index contributed by atoms with van der Waals surface area (Å²) in [6.45, 7) is 27.8. The highest BCUT2D eigenvalue weighted by molar-refractivity contribution is 6.74. The van der Waals surface area contributed by atoms with Gasteiger partial charge in [0.2, 0.25) is 11.5 Å². The summed E-state index contributed by atoms with van der Waals surface area (Å²) in [6, 6.07) is 43.2. The smallest absolute Gasteiger partial charge is 0.378 e. The molecule has 0 amide bonds. The summed E-state index contributed by atoms with van der Waals surface area (Å²) in [4.78, 5) is 86.6. The number of aliphatic hydroxyl groups excluding tert-OH is 1. The number of aromatic nitrogens is 4. The number of rotatable bonds is 24. The van der Waals surface area contributed by atoms with Crippen molar-refractivity contribution in [3.8, 4) is 11.5 Å². The molecule has 0 saturated heterocycles. The number of carbonyl (C=O) groups is 4. The summed E-state index contributed by atoms with van der Waals surface area (Å²) in [5.74, 6) is -5.78. The minimum atomic E-state index is -1.52. The Bertz CT molecular complexity index is 4340. The van der Waals surface area contributed by atoms with Crippen LogP contribution in [0.2, 0.25) is 48.3 Å². The average molecular weight is 1630 g/mol. The molecule has 107 heavy (non-hydrogen) atoms. The van der Waals surface area contributed by atoms with Crippen LogP contribution < -0.4 is 31.6 Å². The van der Waals surface area contributed by atoms with Gasteiger partial charge in [0.1, 0.15) is 42.7 Å². The highest BCUT2D eigenvalue weighted by atomic mass is 35.5. The number of hydrogen-bond acceptors (Lipinski definition) is 18. The topological polar surface area (TPSA) is 327 Å². The molecule has 6 aromatic carbocycles. The van der Waals surface area contributed by atoms with E-state index in [0.717, 1.165) is 37.0 Å². The van der Waals surface area contributed by atoms with Crippen LogP contribution >= 0.6 is 82.0 Å².